The predicted octanol–water partition coefficient (Wildman–Crippen LogP) is 3.64. The minimum absolute atomic E-state index is 0.0143. The highest BCUT2D eigenvalue weighted by Crippen LogP contribution is 2.24. The summed E-state index contributed by atoms with van der Waals surface area (Å²) >= 11 is 0. The van der Waals surface area contributed by atoms with E-state index in [1.807, 2.05) is 43.3 Å². The molecule has 0 aliphatic carbocycles. The molecular formula is C23H26N2O4. The number of anilines is 1. The van der Waals surface area contributed by atoms with Crippen molar-refractivity contribution in [3.63, 3.8) is 0 Å². The molecule has 1 fully saturated rings. The van der Waals surface area contributed by atoms with Crippen LogP contribution in [0.1, 0.15) is 18.9 Å². The Morgan fingerprint density at radius 1 is 1.21 bits per heavy atom. The summed E-state index contributed by atoms with van der Waals surface area (Å²) in [5, 5.41) is 2.90. The van der Waals surface area contributed by atoms with E-state index in [2.05, 4.69) is 11.9 Å². The van der Waals surface area contributed by atoms with Gasteiger partial charge in [0.15, 0.2) is 0 Å². The first kappa shape index (κ1) is 20.5. The van der Waals surface area contributed by atoms with E-state index < -0.39 is 0 Å². The van der Waals surface area contributed by atoms with E-state index in [9.17, 15) is 9.59 Å². The number of rotatable bonds is 8. The number of likely N-dealkylation sites (tertiary alicyclic amines) is 1. The summed E-state index contributed by atoms with van der Waals surface area (Å²) in [5.41, 5.74) is 2.57. The van der Waals surface area contributed by atoms with Gasteiger partial charge in [0.25, 0.3) is 0 Å². The fourth-order valence-electron chi connectivity index (χ4n) is 3.17. The van der Waals surface area contributed by atoms with Gasteiger partial charge < -0.3 is 19.7 Å². The summed E-state index contributed by atoms with van der Waals surface area (Å²) in [7, 11) is 1.62. The van der Waals surface area contributed by atoms with Gasteiger partial charge in [-0.2, -0.15) is 0 Å². The lowest BCUT2D eigenvalue weighted by Gasteiger charge is -2.17. The second-order valence-electron chi connectivity index (χ2n) is 7.29. The molecule has 152 valence electrons. The number of carbonyl (C=O) groups excluding carboxylic acids is 2. The van der Waals surface area contributed by atoms with Gasteiger partial charge in [0, 0.05) is 31.3 Å². The molecule has 1 aliphatic rings. The molecule has 1 atom stereocenters. The molecule has 0 bridgehead atoms. The molecule has 0 aromatic heterocycles. The lowest BCUT2D eigenvalue weighted by atomic mass is 10.1. The van der Waals surface area contributed by atoms with Crippen LogP contribution < -0.4 is 14.8 Å². The lowest BCUT2D eigenvalue weighted by Crippen LogP contribution is -2.28. The summed E-state index contributed by atoms with van der Waals surface area (Å²) in [6.07, 6.45) is 0.216. The summed E-state index contributed by atoms with van der Waals surface area (Å²) in [6.45, 7) is 7.01. The molecule has 1 aliphatic heterocycles. The predicted molar refractivity (Wildman–Crippen MR) is 112 cm³/mol. The van der Waals surface area contributed by atoms with Crippen LogP contribution in [0, 0.1) is 5.92 Å². The van der Waals surface area contributed by atoms with Gasteiger partial charge in [-0.15, -0.1) is 0 Å². The largest absolute Gasteiger partial charge is 0.497 e. The third-order valence-electron chi connectivity index (χ3n) is 4.70. The number of hydrogen-bond donors (Lipinski definition) is 1. The zero-order chi connectivity index (χ0) is 20.8. The highest BCUT2D eigenvalue weighted by atomic mass is 16.5. The molecule has 0 radical (unpaired) electrons. The average molecular weight is 394 g/mol. The number of carbonyl (C=O) groups is 2. The van der Waals surface area contributed by atoms with Crippen LogP contribution in [0.5, 0.6) is 11.5 Å². The first-order chi connectivity index (χ1) is 13.9. The fourth-order valence-corrected chi connectivity index (χ4v) is 3.17. The summed E-state index contributed by atoms with van der Waals surface area (Å²) < 4.78 is 10.8. The Morgan fingerprint density at radius 2 is 1.97 bits per heavy atom. The molecule has 1 heterocycles. The average Bonchev–Trinajstić information content (AvgIpc) is 3.08. The zero-order valence-corrected chi connectivity index (χ0v) is 16.8. The van der Waals surface area contributed by atoms with Gasteiger partial charge >= 0.3 is 0 Å². The van der Waals surface area contributed by atoms with Crippen molar-refractivity contribution in [3.8, 4) is 11.5 Å². The van der Waals surface area contributed by atoms with Gasteiger partial charge in [-0.1, -0.05) is 24.8 Å². The Kier molecular flexibility index (Phi) is 6.54. The van der Waals surface area contributed by atoms with Crippen molar-refractivity contribution >= 4 is 17.5 Å². The van der Waals surface area contributed by atoms with Crippen molar-refractivity contribution in [2.45, 2.75) is 19.9 Å². The first-order valence-electron chi connectivity index (χ1n) is 9.53. The van der Waals surface area contributed by atoms with E-state index in [1.165, 1.54) is 0 Å². The molecule has 0 saturated carbocycles. The molecule has 0 spiro atoms. The number of nitrogens with zero attached hydrogens (tertiary/aromatic N) is 1. The van der Waals surface area contributed by atoms with Crippen LogP contribution in [-0.2, 0) is 16.1 Å². The van der Waals surface area contributed by atoms with Gasteiger partial charge in [0.2, 0.25) is 11.8 Å². The summed E-state index contributed by atoms with van der Waals surface area (Å²) in [5.74, 6) is 0.885. The van der Waals surface area contributed by atoms with Crippen LogP contribution in [0.15, 0.2) is 60.7 Å². The van der Waals surface area contributed by atoms with E-state index in [0.29, 0.717) is 31.1 Å². The second-order valence-corrected chi connectivity index (χ2v) is 7.29. The van der Waals surface area contributed by atoms with Crippen molar-refractivity contribution in [2.24, 2.45) is 5.92 Å². The van der Waals surface area contributed by atoms with Crippen molar-refractivity contribution in [2.75, 3.05) is 25.6 Å². The van der Waals surface area contributed by atoms with E-state index in [-0.39, 0.29) is 24.2 Å². The third-order valence-corrected chi connectivity index (χ3v) is 4.70. The number of hydrogen-bond acceptors (Lipinski definition) is 4. The minimum Gasteiger partial charge on any atom is -0.497 e. The minimum atomic E-state index is -0.374. The van der Waals surface area contributed by atoms with Crippen LogP contribution in [-0.4, -0.2) is 37.0 Å². The molecule has 3 rings (SSSR count). The first-order valence-corrected chi connectivity index (χ1v) is 9.53. The Labute approximate surface area is 171 Å². The van der Waals surface area contributed by atoms with Crippen molar-refractivity contribution in [1.29, 1.82) is 0 Å². The van der Waals surface area contributed by atoms with Crippen LogP contribution in [0.3, 0.4) is 0 Å². The molecule has 2 aromatic rings. The smallest absolute Gasteiger partial charge is 0.229 e. The maximum absolute atomic E-state index is 12.7. The Morgan fingerprint density at radius 3 is 2.66 bits per heavy atom. The Bertz CT molecular complexity index is 892. The van der Waals surface area contributed by atoms with Gasteiger partial charge in [0.05, 0.1) is 13.0 Å². The Hall–Kier alpha value is -3.28. The lowest BCUT2D eigenvalue weighted by molar-refractivity contribution is -0.128. The van der Waals surface area contributed by atoms with Crippen LogP contribution >= 0.6 is 0 Å². The SMILES string of the molecule is C=C(C)COc1cccc(NC(=O)C2CC(=O)N(Cc3ccc(OC)cc3)C2)c1. The molecular weight excluding hydrogens is 368 g/mol. The van der Waals surface area contributed by atoms with Crippen LogP contribution in [0.2, 0.25) is 0 Å². The highest BCUT2D eigenvalue weighted by molar-refractivity contribution is 5.97. The zero-order valence-electron chi connectivity index (χ0n) is 16.8. The maximum Gasteiger partial charge on any atom is 0.229 e. The van der Waals surface area contributed by atoms with Crippen molar-refractivity contribution < 1.29 is 19.1 Å². The van der Waals surface area contributed by atoms with Crippen LogP contribution in [0.4, 0.5) is 5.69 Å². The normalized spacial score (nSPS) is 15.9. The van der Waals surface area contributed by atoms with Gasteiger partial charge in [-0.3, -0.25) is 9.59 Å². The molecule has 2 aromatic carbocycles. The number of methoxy groups -OCH3 is 1. The number of ether oxygens (including phenoxy) is 2. The van der Waals surface area contributed by atoms with Gasteiger partial charge in [-0.05, 0) is 42.3 Å². The molecule has 1 saturated heterocycles. The van der Waals surface area contributed by atoms with E-state index >= 15 is 0 Å². The van der Waals surface area contributed by atoms with Gasteiger partial charge in [-0.25, -0.2) is 0 Å². The molecule has 29 heavy (non-hydrogen) atoms. The van der Waals surface area contributed by atoms with Crippen molar-refractivity contribution in [3.05, 3.63) is 66.2 Å². The third kappa shape index (κ3) is 5.60. The van der Waals surface area contributed by atoms with Crippen molar-refractivity contribution in [1.82, 2.24) is 4.90 Å². The Balaban J connectivity index is 1.57. The van der Waals surface area contributed by atoms with E-state index in [0.717, 1.165) is 16.9 Å². The summed E-state index contributed by atoms with van der Waals surface area (Å²) in [4.78, 5) is 26.7. The van der Waals surface area contributed by atoms with Crippen LogP contribution in [0.25, 0.3) is 0 Å². The fraction of sp³-hybridized carbons (Fsp3) is 0.304. The molecule has 6 heteroatoms. The monoisotopic (exact) mass is 394 g/mol. The molecule has 2 amide bonds. The summed E-state index contributed by atoms with van der Waals surface area (Å²) in [6, 6.07) is 14.8. The number of amides is 2. The second kappa shape index (κ2) is 9.28. The molecule has 1 N–H and O–H groups in total. The quantitative estimate of drug-likeness (QED) is 0.694. The standard InChI is InChI=1S/C23H26N2O4/c1-16(2)15-29-21-6-4-5-19(12-21)24-23(27)18-11-22(26)25(14-18)13-17-7-9-20(28-3)10-8-17/h4-10,12,18H,1,11,13-15H2,2-3H3,(H,24,27). The molecule has 6 nitrogen and oxygen atoms in total. The molecule has 1 unspecified atom stereocenters. The van der Waals surface area contributed by atoms with E-state index in [1.54, 1.807) is 24.1 Å². The number of nitrogens with one attached hydrogen (secondary N) is 1. The maximum atomic E-state index is 12.7. The van der Waals surface area contributed by atoms with Gasteiger partial charge in [0.1, 0.15) is 18.1 Å². The number of benzene rings is 2. The van der Waals surface area contributed by atoms with E-state index in [4.69, 9.17) is 9.47 Å². The topological polar surface area (TPSA) is 67.9 Å². The highest BCUT2D eigenvalue weighted by Gasteiger charge is 2.34.